The number of carbonyl (C=O) groups is 1. The molecule has 0 aromatic heterocycles. The van der Waals surface area contributed by atoms with Crippen molar-refractivity contribution in [2.75, 3.05) is 20.8 Å². The van der Waals surface area contributed by atoms with E-state index in [1.807, 2.05) is 18.2 Å². The van der Waals surface area contributed by atoms with Crippen LogP contribution in [0.25, 0.3) is 0 Å². The van der Waals surface area contributed by atoms with Crippen LogP contribution in [-0.4, -0.2) is 37.4 Å². The summed E-state index contributed by atoms with van der Waals surface area (Å²) in [5.74, 6) is 6.83. The lowest BCUT2D eigenvalue weighted by Gasteiger charge is -2.10. The minimum Gasteiger partial charge on any atom is -0.493 e. The smallest absolute Gasteiger partial charge is 0.251 e. The number of ether oxygens (including phenoxy) is 2. The second-order valence-electron chi connectivity index (χ2n) is 6.58. The number of rotatable bonds is 6. The lowest BCUT2D eigenvalue weighted by atomic mass is 10.1. The maximum Gasteiger partial charge on any atom is 0.251 e. The van der Waals surface area contributed by atoms with Crippen molar-refractivity contribution in [3.8, 4) is 23.3 Å². The maximum absolute atomic E-state index is 12.3. The molecule has 1 amide bonds. The van der Waals surface area contributed by atoms with Crippen molar-refractivity contribution in [3.05, 3.63) is 59.2 Å². The Hall–Kier alpha value is -2.97. The third-order valence-corrected chi connectivity index (χ3v) is 3.81. The zero-order valence-corrected chi connectivity index (χ0v) is 16.1. The van der Waals surface area contributed by atoms with Gasteiger partial charge in [0.2, 0.25) is 0 Å². The van der Waals surface area contributed by atoms with Crippen molar-refractivity contribution in [3.63, 3.8) is 0 Å². The molecule has 2 N–H and O–H groups in total. The van der Waals surface area contributed by atoms with Crippen molar-refractivity contribution in [1.82, 2.24) is 5.32 Å². The van der Waals surface area contributed by atoms with Gasteiger partial charge in [0.05, 0.1) is 14.2 Å². The summed E-state index contributed by atoms with van der Waals surface area (Å²) in [5.41, 5.74) is 1.32. The van der Waals surface area contributed by atoms with Crippen LogP contribution < -0.4 is 14.8 Å². The Kier molecular flexibility index (Phi) is 6.86. The molecule has 0 bridgehead atoms. The van der Waals surface area contributed by atoms with E-state index in [1.54, 1.807) is 52.3 Å². The van der Waals surface area contributed by atoms with E-state index < -0.39 is 5.60 Å². The van der Waals surface area contributed by atoms with Gasteiger partial charge in [0, 0.05) is 17.7 Å². The van der Waals surface area contributed by atoms with Gasteiger partial charge in [-0.05, 0) is 62.2 Å². The fraction of sp³-hybridized carbons (Fsp3) is 0.318. The Morgan fingerprint density at radius 3 is 2.33 bits per heavy atom. The normalized spacial score (nSPS) is 10.6. The van der Waals surface area contributed by atoms with Crippen molar-refractivity contribution >= 4 is 5.91 Å². The number of carbonyl (C=O) groups excluding carboxylic acids is 1. The monoisotopic (exact) mass is 367 g/mol. The minimum absolute atomic E-state index is 0.141. The molecule has 0 aliphatic heterocycles. The van der Waals surface area contributed by atoms with Gasteiger partial charge in [-0.1, -0.05) is 17.9 Å². The van der Waals surface area contributed by atoms with Crippen LogP contribution in [0.15, 0.2) is 42.5 Å². The van der Waals surface area contributed by atoms with Gasteiger partial charge in [-0.2, -0.15) is 0 Å². The van der Waals surface area contributed by atoms with E-state index >= 15 is 0 Å². The molecule has 0 aliphatic carbocycles. The van der Waals surface area contributed by atoms with Crippen LogP contribution in [0.1, 0.15) is 35.3 Å². The third-order valence-electron chi connectivity index (χ3n) is 3.81. The van der Waals surface area contributed by atoms with E-state index in [4.69, 9.17) is 9.47 Å². The van der Waals surface area contributed by atoms with Gasteiger partial charge in [-0.25, -0.2) is 0 Å². The van der Waals surface area contributed by atoms with E-state index in [0.717, 1.165) is 11.1 Å². The van der Waals surface area contributed by atoms with Gasteiger partial charge >= 0.3 is 0 Å². The summed E-state index contributed by atoms with van der Waals surface area (Å²) in [5, 5.41) is 12.5. The first-order valence-electron chi connectivity index (χ1n) is 8.67. The maximum atomic E-state index is 12.3. The molecule has 2 rings (SSSR count). The van der Waals surface area contributed by atoms with Crippen LogP contribution >= 0.6 is 0 Å². The predicted molar refractivity (Wildman–Crippen MR) is 105 cm³/mol. The highest BCUT2D eigenvalue weighted by molar-refractivity contribution is 5.94. The second kappa shape index (κ2) is 9.11. The number of amides is 1. The molecule has 5 nitrogen and oxygen atoms in total. The molecule has 2 aromatic carbocycles. The number of methoxy groups -OCH3 is 2. The average molecular weight is 367 g/mol. The summed E-state index contributed by atoms with van der Waals surface area (Å²) in [6.45, 7) is 3.76. The number of aliphatic hydroxyl groups is 1. The number of nitrogens with one attached hydrogen (secondary N) is 1. The summed E-state index contributed by atoms with van der Waals surface area (Å²) >= 11 is 0. The molecule has 0 fully saturated rings. The summed E-state index contributed by atoms with van der Waals surface area (Å²) in [6.07, 6.45) is 0.682. The van der Waals surface area contributed by atoms with Crippen LogP contribution in [0.5, 0.6) is 11.5 Å². The molecule has 142 valence electrons. The van der Waals surface area contributed by atoms with E-state index in [0.29, 0.717) is 30.0 Å². The molecule has 0 saturated heterocycles. The molecule has 0 heterocycles. The quantitative estimate of drug-likeness (QED) is 0.771. The van der Waals surface area contributed by atoms with Gasteiger partial charge in [0.25, 0.3) is 5.91 Å². The number of hydrogen-bond donors (Lipinski definition) is 2. The Balaban J connectivity index is 1.91. The molecule has 0 saturated carbocycles. The highest BCUT2D eigenvalue weighted by Gasteiger charge is 2.08. The highest BCUT2D eigenvalue weighted by Crippen LogP contribution is 2.27. The van der Waals surface area contributed by atoms with Gasteiger partial charge in [0.1, 0.15) is 5.60 Å². The van der Waals surface area contributed by atoms with Crippen LogP contribution in [0, 0.1) is 11.8 Å². The van der Waals surface area contributed by atoms with Gasteiger partial charge in [-0.15, -0.1) is 0 Å². The molecule has 2 aromatic rings. The van der Waals surface area contributed by atoms with E-state index in [2.05, 4.69) is 17.2 Å². The summed E-state index contributed by atoms with van der Waals surface area (Å²) in [7, 11) is 3.19. The van der Waals surface area contributed by atoms with Gasteiger partial charge < -0.3 is 19.9 Å². The molecule has 27 heavy (non-hydrogen) atoms. The fourth-order valence-electron chi connectivity index (χ4n) is 2.39. The standard InChI is InChI=1S/C22H25NO4/c1-22(2,25)13-11-16-5-8-18(9-6-16)21(24)23-14-12-17-7-10-19(26-3)20(15-17)27-4/h5-10,15,25H,12,14H2,1-4H3,(H,23,24). The largest absolute Gasteiger partial charge is 0.493 e. The summed E-state index contributed by atoms with van der Waals surface area (Å²) < 4.78 is 10.5. The summed E-state index contributed by atoms with van der Waals surface area (Å²) in [6, 6.07) is 12.7. The van der Waals surface area contributed by atoms with Crippen molar-refractivity contribution in [2.24, 2.45) is 0 Å². The first-order valence-corrected chi connectivity index (χ1v) is 8.67. The van der Waals surface area contributed by atoms with Gasteiger partial charge in [0.15, 0.2) is 11.5 Å². The fourth-order valence-corrected chi connectivity index (χ4v) is 2.39. The van der Waals surface area contributed by atoms with E-state index in [1.165, 1.54) is 0 Å². The Bertz CT molecular complexity index is 839. The molecule has 0 unspecified atom stereocenters. The average Bonchev–Trinajstić information content (AvgIpc) is 2.66. The van der Waals surface area contributed by atoms with Crippen LogP contribution in [0.4, 0.5) is 0 Å². The molecule has 0 atom stereocenters. The third kappa shape index (κ3) is 6.36. The Morgan fingerprint density at radius 2 is 1.74 bits per heavy atom. The summed E-state index contributed by atoms with van der Waals surface area (Å²) in [4.78, 5) is 12.3. The Morgan fingerprint density at radius 1 is 1.07 bits per heavy atom. The second-order valence-corrected chi connectivity index (χ2v) is 6.58. The van der Waals surface area contributed by atoms with Crippen molar-refractivity contribution in [1.29, 1.82) is 0 Å². The molecule has 0 radical (unpaired) electrons. The van der Waals surface area contributed by atoms with Gasteiger partial charge in [-0.3, -0.25) is 4.79 Å². The molecule has 0 spiro atoms. The van der Waals surface area contributed by atoms with Crippen molar-refractivity contribution in [2.45, 2.75) is 25.9 Å². The van der Waals surface area contributed by atoms with Crippen LogP contribution in [-0.2, 0) is 6.42 Å². The first kappa shape index (κ1) is 20.3. The van der Waals surface area contributed by atoms with E-state index in [9.17, 15) is 9.90 Å². The van der Waals surface area contributed by atoms with Crippen LogP contribution in [0.2, 0.25) is 0 Å². The zero-order valence-electron chi connectivity index (χ0n) is 16.1. The van der Waals surface area contributed by atoms with E-state index in [-0.39, 0.29) is 5.91 Å². The predicted octanol–water partition coefficient (Wildman–Crippen LogP) is 2.80. The topological polar surface area (TPSA) is 67.8 Å². The minimum atomic E-state index is -1.04. The number of hydrogen-bond acceptors (Lipinski definition) is 4. The molecule has 0 aliphatic rings. The SMILES string of the molecule is COc1ccc(CCNC(=O)c2ccc(C#CC(C)(C)O)cc2)cc1OC. The molecule has 5 heteroatoms. The number of benzene rings is 2. The molecular weight excluding hydrogens is 342 g/mol. The van der Waals surface area contributed by atoms with Crippen LogP contribution in [0.3, 0.4) is 0 Å². The zero-order chi connectivity index (χ0) is 19.9. The first-order chi connectivity index (χ1) is 12.8. The molecular formula is C22H25NO4. The lowest BCUT2D eigenvalue weighted by molar-refractivity contribution is 0.0954. The Labute approximate surface area is 160 Å². The lowest BCUT2D eigenvalue weighted by Crippen LogP contribution is -2.25. The van der Waals surface area contributed by atoms with Crippen molar-refractivity contribution < 1.29 is 19.4 Å². The highest BCUT2D eigenvalue weighted by atomic mass is 16.5.